The Kier molecular flexibility index (Phi) is 68.1. The molecule has 0 radical (unpaired) electrons. The Morgan fingerprint density at radius 2 is 0.426 bits per heavy atom. The number of aliphatic hydroxyl groups excluding tert-OH is 1. The highest BCUT2D eigenvalue weighted by atomic mass is 31.2. The molecule has 0 saturated heterocycles. The van der Waals surface area contributed by atoms with Crippen LogP contribution in [0, 0.1) is 0 Å². The number of phosphoric ester groups is 2. The lowest BCUT2D eigenvalue weighted by Gasteiger charge is -2.21. The van der Waals surface area contributed by atoms with Crippen LogP contribution >= 0.6 is 15.6 Å². The molecule has 0 aromatic carbocycles. The van der Waals surface area contributed by atoms with Crippen molar-refractivity contribution in [1.29, 1.82) is 0 Å². The van der Waals surface area contributed by atoms with E-state index in [1.54, 1.807) is 0 Å². The van der Waals surface area contributed by atoms with E-state index in [0.29, 0.717) is 25.7 Å². The molecule has 0 heterocycles. The quantitative estimate of drug-likeness (QED) is 0.0222. The maximum absolute atomic E-state index is 13.1. The van der Waals surface area contributed by atoms with Crippen molar-refractivity contribution in [3.63, 3.8) is 0 Å². The van der Waals surface area contributed by atoms with Crippen LogP contribution in [0.4, 0.5) is 0 Å². The number of carbonyl (C=O) groups excluding carboxylic acids is 4. The van der Waals surface area contributed by atoms with E-state index in [0.717, 1.165) is 89.9 Å². The molecule has 558 valence electrons. The molecule has 3 N–H and O–H groups in total. The standard InChI is InChI=1S/C75H146O17P2/c1-5-9-13-17-21-25-29-31-33-35-37-41-44-48-52-56-60-73(78)86-66-71(92-75(80)62-58-54-50-46-42-38-36-34-32-30-26-22-18-14-10-6-2)68-90-94(83,84)88-64-69(76)63-87-93(81,82)89-67-70(91-74(79)61-57-53-49-45-40-28-24-20-16-12-8-4)65-85-72(77)59-55-51-47-43-39-27-23-19-15-11-7-3/h69-71,76H,5-68H2,1-4H3,(H,81,82)(H,83,84)/t69-,70+,71+/m0/s1. The fraction of sp³-hybridized carbons (Fsp3) is 0.947. The largest absolute Gasteiger partial charge is 0.472 e. The van der Waals surface area contributed by atoms with Gasteiger partial charge >= 0.3 is 39.5 Å². The molecule has 0 aromatic rings. The smallest absolute Gasteiger partial charge is 0.462 e. The molecule has 0 rings (SSSR count). The number of esters is 4. The van der Waals surface area contributed by atoms with Gasteiger partial charge in [-0.15, -0.1) is 0 Å². The van der Waals surface area contributed by atoms with E-state index in [1.165, 1.54) is 231 Å². The molecule has 5 atom stereocenters. The first-order valence-corrected chi connectivity index (χ1v) is 42.3. The second kappa shape index (κ2) is 69.5. The minimum absolute atomic E-state index is 0.108. The van der Waals surface area contributed by atoms with Gasteiger partial charge in [-0.2, -0.15) is 0 Å². The molecule has 0 fully saturated rings. The molecular formula is C75H146O17P2. The average Bonchev–Trinajstić information content (AvgIpc) is 1.71. The van der Waals surface area contributed by atoms with Gasteiger partial charge in [-0.05, 0) is 25.7 Å². The summed E-state index contributed by atoms with van der Waals surface area (Å²) in [7, 11) is -9.90. The van der Waals surface area contributed by atoms with E-state index in [-0.39, 0.29) is 25.7 Å². The molecule has 94 heavy (non-hydrogen) atoms. The molecule has 17 nitrogen and oxygen atoms in total. The summed E-state index contributed by atoms with van der Waals surface area (Å²) in [5, 5.41) is 10.6. The molecule has 2 unspecified atom stereocenters. The van der Waals surface area contributed by atoms with Crippen LogP contribution in [0.3, 0.4) is 0 Å². The maximum Gasteiger partial charge on any atom is 0.472 e. The van der Waals surface area contributed by atoms with E-state index < -0.39 is 97.5 Å². The number of ether oxygens (including phenoxy) is 4. The minimum Gasteiger partial charge on any atom is -0.462 e. The zero-order valence-corrected chi connectivity index (χ0v) is 62.7. The summed E-state index contributed by atoms with van der Waals surface area (Å²) in [4.78, 5) is 72.8. The Hall–Kier alpha value is -1.94. The fourth-order valence-electron chi connectivity index (χ4n) is 11.6. The van der Waals surface area contributed by atoms with Gasteiger partial charge in [-0.1, -0.05) is 349 Å². The predicted octanol–water partition coefficient (Wildman–Crippen LogP) is 22.2. The van der Waals surface area contributed by atoms with Crippen LogP contribution in [-0.2, 0) is 65.4 Å². The fourth-order valence-corrected chi connectivity index (χ4v) is 13.2. The van der Waals surface area contributed by atoms with Crippen molar-refractivity contribution in [1.82, 2.24) is 0 Å². The number of hydrogen-bond acceptors (Lipinski definition) is 15. The molecule has 0 bridgehead atoms. The lowest BCUT2D eigenvalue weighted by Crippen LogP contribution is -2.30. The summed E-state index contributed by atoms with van der Waals surface area (Å²) in [6.07, 6.45) is 59.5. The highest BCUT2D eigenvalue weighted by molar-refractivity contribution is 7.47. The van der Waals surface area contributed by atoms with Crippen molar-refractivity contribution >= 4 is 39.5 Å². The second-order valence-corrected chi connectivity index (χ2v) is 29.9. The summed E-state index contributed by atoms with van der Waals surface area (Å²) < 4.78 is 68.5. The Morgan fingerprint density at radius 1 is 0.255 bits per heavy atom. The van der Waals surface area contributed by atoms with E-state index in [1.807, 2.05) is 0 Å². The Labute approximate surface area is 575 Å². The molecule has 19 heteroatoms. The van der Waals surface area contributed by atoms with Gasteiger partial charge in [-0.3, -0.25) is 37.3 Å². The summed E-state index contributed by atoms with van der Waals surface area (Å²) in [6, 6.07) is 0. The molecule has 0 amide bonds. The monoisotopic (exact) mass is 1380 g/mol. The van der Waals surface area contributed by atoms with Crippen molar-refractivity contribution in [2.45, 2.75) is 418 Å². The number of unbranched alkanes of at least 4 members (excludes halogenated alkanes) is 50. The molecule has 0 aromatic heterocycles. The molecule has 0 aliphatic carbocycles. The van der Waals surface area contributed by atoms with Crippen LogP contribution in [-0.4, -0.2) is 96.7 Å². The van der Waals surface area contributed by atoms with Gasteiger partial charge in [0.15, 0.2) is 12.2 Å². The third-order valence-electron chi connectivity index (χ3n) is 17.6. The zero-order chi connectivity index (χ0) is 69.0. The summed E-state index contributed by atoms with van der Waals surface area (Å²) in [5.41, 5.74) is 0. The van der Waals surface area contributed by atoms with Gasteiger partial charge in [0.25, 0.3) is 0 Å². The van der Waals surface area contributed by atoms with E-state index in [9.17, 15) is 43.2 Å². The van der Waals surface area contributed by atoms with Crippen molar-refractivity contribution < 1.29 is 80.2 Å². The van der Waals surface area contributed by atoms with Crippen molar-refractivity contribution in [2.24, 2.45) is 0 Å². The predicted molar refractivity (Wildman–Crippen MR) is 382 cm³/mol. The van der Waals surface area contributed by atoms with Gasteiger partial charge in [0.1, 0.15) is 19.3 Å². The summed E-state index contributed by atoms with van der Waals surface area (Å²) in [6.45, 7) is 4.98. The van der Waals surface area contributed by atoms with Gasteiger partial charge in [-0.25, -0.2) is 9.13 Å². The Morgan fingerprint density at radius 3 is 0.628 bits per heavy atom. The van der Waals surface area contributed by atoms with Crippen LogP contribution in [0.25, 0.3) is 0 Å². The number of carbonyl (C=O) groups is 4. The van der Waals surface area contributed by atoms with Gasteiger partial charge in [0, 0.05) is 25.7 Å². The Bertz CT molecular complexity index is 1790. The molecular weight excluding hydrogens is 1230 g/mol. The van der Waals surface area contributed by atoms with E-state index in [2.05, 4.69) is 27.7 Å². The molecule has 0 aliphatic rings. The maximum atomic E-state index is 13.1. The first-order valence-electron chi connectivity index (χ1n) is 39.3. The molecule has 0 saturated carbocycles. The minimum atomic E-state index is -4.95. The third-order valence-corrected chi connectivity index (χ3v) is 19.5. The summed E-state index contributed by atoms with van der Waals surface area (Å²) >= 11 is 0. The van der Waals surface area contributed by atoms with Crippen LogP contribution in [0.1, 0.15) is 400 Å². The zero-order valence-electron chi connectivity index (χ0n) is 60.9. The van der Waals surface area contributed by atoms with Gasteiger partial charge in [0.2, 0.25) is 0 Å². The third kappa shape index (κ3) is 68.6. The second-order valence-electron chi connectivity index (χ2n) is 27.0. The average molecular weight is 1380 g/mol. The van der Waals surface area contributed by atoms with Crippen LogP contribution in [0.2, 0.25) is 0 Å². The van der Waals surface area contributed by atoms with Crippen molar-refractivity contribution in [3.05, 3.63) is 0 Å². The van der Waals surface area contributed by atoms with Crippen LogP contribution in [0.15, 0.2) is 0 Å². The highest BCUT2D eigenvalue weighted by Gasteiger charge is 2.30. The number of phosphoric acid groups is 2. The van der Waals surface area contributed by atoms with Crippen molar-refractivity contribution in [2.75, 3.05) is 39.6 Å². The first-order chi connectivity index (χ1) is 45.7. The summed E-state index contributed by atoms with van der Waals surface area (Å²) in [5.74, 6) is -2.11. The highest BCUT2D eigenvalue weighted by Crippen LogP contribution is 2.45. The van der Waals surface area contributed by atoms with Crippen LogP contribution in [0.5, 0.6) is 0 Å². The van der Waals surface area contributed by atoms with E-state index in [4.69, 9.17) is 37.0 Å². The number of rotatable bonds is 76. The lowest BCUT2D eigenvalue weighted by molar-refractivity contribution is -0.161. The first kappa shape index (κ1) is 92.1. The Balaban J connectivity index is 5.23. The van der Waals surface area contributed by atoms with Crippen LogP contribution < -0.4 is 0 Å². The van der Waals surface area contributed by atoms with Gasteiger partial charge < -0.3 is 33.8 Å². The SMILES string of the molecule is CCCCCCCCCCCCCCCCCCC(=O)OC[C@H](COP(=O)(O)OC[C@@H](O)COP(=O)(O)OC[C@@H](COC(=O)CCCCCCCCCCCCC)OC(=O)CCCCCCCCCCCCC)OC(=O)CCCCCCCCCCCCCCCCCC. The van der Waals surface area contributed by atoms with Gasteiger partial charge in [0.05, 0.1) is 26.4 Å². The number of hydrogen-bond donors (Lipinski definition) is 3. The molecule has 0 spiro atoms. The lowest BCUT2D eigenvalue weighted by atomic mass is 10.0. The van der Waals surface area contributed by atoms with E-state index >= 15 is 0 Å². The topological polar surface area (TPSA) is 237 Å². The normalized spacial score (nSPS) is 13.9. The van der Waals surface area contributed by atoms with Crippen molar-refractivity contribution in [3.8, 4) is 0 Å². The molecule has 0 aliphatic heterocycles. The number of aliphatic hydroxyl groups is 1.